The van der Waals surface area contributed by atoms with Crippen molar-refractivity contribution in [3.05, 3.63) is 241 Å². The second kappa shape index (κ2) is 34.2. The zero-order chi connectivity index (χ0) is 71.3. The normalized spacial score (nSPS) is 10.6. The highest BCUT2D eigenvalue weighted by molar-refractivity contribution is 9.10. The first-order valence-corrected chi connectivity index (χ1v) is 32.1. The number of aromatic amines is 3. The van der Waals surface area contributed by atoms with Crippen LogP contribution in [-0.2, 0) is 23.7 Å². The summed E-state index contributed by atoms with van der Waals surface area (Å²) in [5.41, 5.74) is 12.0. The van der Waals surface area contributed by atoms with Crippen LogP contribution < -0.4 is 10.6 Å². The van der Waals surface area contributed by atoms with Crippen LogP contribution in [-0.4, -0.2) is 118 Å². The van der Waals surface area contributed by atoms with Gasteiger partial charge in [0.2, 0.25) is 17.7 Å². The number of hydrogen-bond acceptors (Lipinski definition) is 17. The van der Waals surface area contributed by atoms with Crippen molar-refractivity contribution in [2.75, 3.05) is 10.6 Å². The lowest BCUT2D eigenvalue weighted by Gasteiger charge is -2.18. The third-order valence-corrected chi connectivity index (χ3v) is 15.5. The van der Waals surface area contributed by atoms with Gasteiger partial charge >= 0.3 is 0 Å². The van der Waals surface area contributed by atoms with E-state index < -0.39 is 0 Å². The lowest BCUT2D eigenvalue weighted by molar-refractivity contribution is -0.123. The van der Waals surface area contributed by atoms with E-state index in [9.17, 15) is 23.2 Å². The van der Waals surface area contributed by atoms with Crippen LogP contribution in [0, 0.1) is 30.9 Å². The zero-order valence-corrected chi connectivity index (χ0v) is 58.6. The van der Waals surface area contributed by atoms with Crippen LogP contribution in [0.1, 0.15) is 50.5 Å². The Bertz CT molecular complexity index is 5340. The zero-order valence-electron chi connectivity index (χ0n) is 55.5. The topological polar surface area (TPSA) is 318 Å². The van der Waals surface area contributed by atoms with Gasteiger partial charge in [0.05, 0.1) is 56.3 Å². The Balaban J connectivity index is 0.000000134. The molecule has 5 N–H and O–H groups in total. The number of fused-ring (bicyclic) bond motifs is 6. The van der Waals surface area contributed by atoms with E-state index >= 15 is 0 Å². The number of H-pyrrole nitrogens is 3. The minimum absolute atomic E-state index is 0.0202. The number of carbonyl (C=O) groups excluding carboxylic acids is 3. The molecule has 2 amide bonds. The fourth-order valence-corrected chi connectivity index (χ4v) is 10.1. The van der Waals surface area contributed by atoms with Crippen molar-refractivity contribution in [3.8, 4) is 22.5 Å². The summed E-state index contributed by atoms with van der Waals surface area (Å²) < 4.78 is 33.0. The SMILES string of the molecule is Brc1[nH]nc2ccncc12.CC(=O)Nc1ccncc1C.CC(=O)n1ncc2cnccc21.Cc1cnccc1NC(=O)C(C)(C)C.Cn1nc(-c2cccc(F)c2)c2cnccc21.Cn1nc(Br)c2cnccc21.Fc1cccc(-c2n[nH]c3ccncc23)c1.c1cc2[nH]ncc2cn1. The van der Waals surface area contributed by atoms with Gasteiger partial charge in [-0.25, -0.2) is 13.5 Å². The Kier molecular flexibility index (Phi) is 24.7. The highest BCUT2D eigenvalue weighted by Gasteiger charge is 2.21. The predicted molar refractivity (Wildman–Crippen MR) is 389 cm³/mol. The van der Waals surface area contributed by atoms with E-state index in [-0.39, 0.29) is 34.8 Å². The number of benzene rings is 2. The molecular formula is C71H66Br2F2N22O3. The summed E-state index contributed by atoms with van der Waals surface area (Å²) in [4.78, 5) is 65.1. The number of aryl methyl sites for hydroxylation is 4. The van der Waals surface area contributed by atoms with E-state index in [0.717, 1.165) is 120 Å². The highest BCUT2D eigenvalue weighted by atomic mass is 79.9. The van der Waals surface area contributed by atoms with Gasteiger partial charge in [0.1, 0.15) is 32.2 Å². The minimum Gasteiger partial charge on any atom is -0.326 e. The summed E-state index contributed by atoms with van der Waals surface area (Å²) in [5.74, 6) is -0.648. The van der Waals surface area contributed by atoms with Gasteiger partial charge in [0, 0.05) is 177 Å². The van der Waals surface area contributed by atoms with Gasteiger partial charge in [-0.1, -0.05) is 45.0 Å². The molecule has 16 rings (SSSR count). The minimum atomic E-state index is -0.365. The first-order valence-electron chi connectivity index (χ1n) is 30.5. The van der Waals surface area contributed by atoms with Gasteiger partial charge in [0.15, 0.2) is 0 Å². The van der Waals surface area contributed by atoms with Crippen LogP contribution in [0.15, 0.2) is 218 Å². The summed E-state index contributed by atoms with van der Waals surface area (Å²) in [5, 5.41) is 44.5. The average molecular weight is 1470 g/mol. The molecule has 2 aromatic carbocycles. The molecule has 14 aromatic heterocycles. The Morgan fingerprint density at radius 2 is 1.00 bits per heavy atom. The van der Waals surface area contributed by atoms with Crippen LogP contribution in [0.4, 0.5) is 20.2 Å². The van der Waals surface area contributed by atoms with E-state index in [1.165, 1.54) is 42.8 Å². The van der Waals surface area contributed by atoms with Gasteiger partial charge < -0.3 is 10.6 Å². The molecule has 0 unspecified atom stereocenters. The number of anilines is 2. The van der Waals surface area contributed by atoms with Crippen molar-refractivity contribution in [2.45, 2.75) is 48.5 Å². The Morgan fingerprint density at radius 3 is 1.58 bits per heavy atom. The summed E-state index contributed by atoms with van der Waals surface area (Å²) >= 11 is 6.65. The standard InChI is InChI=1S/C13H10FN3.C12H8FN3.C11H16N2O.C8H7N3O.C8H10N2O.C7H6BrN3.C6H4BrN3.C6H5N3/c1-17-12-5-6-15-8-11(12)13(16-17)9-3-2-4-10(14)7-9;13-9-3-1-2-8(6-9)12-10-7-14-5-4-11(10)15-16-12;1-8-7-12-6-5-9(8)13-10(14)11(2,3)4;1-6(12)11-8-2-3-9-4-7(8)5-10-11;1-6-5-9-4-3-8(6)10-7(2)11;1-11-6-2-3-9-4-5(6)7(8)10-11;7-6-4-3-8-2-1-5(4)9-10-6;1-2-7-3-5-4-8-9-6(1)5/h2-8H,1H3;1-7H,(H,15,16);5-7H,1-4H3,(H,12,13,14);2-5H,1H3;3-5H,1-2H3,(H,9,10,11);2-4H,1H3;1-3H,(H,9,10);1-4H,(H,8,9). The van der Waals surface area contributed by atoms with Crippen LogP contribution in [0.3, 0.4) is 0 Å². The van der Waals surface area contributed by atoms with Crippen LogP contribution in [0.25, 0.3) is 87.9 Å². The number of aromatic nitrogens is 20. The Labute approximate surface area is 587 Å². The summed E-state index contributed by atoms with van der Waals surface area (Å²) in [6, 6.07) is 27.6. The van der Waals surface area contributed by atoms with Crippen molar-refractivity contribution in [1.29, 1.82) is 0 Å². The van der Waals surface area contributed by atoms with Gasteiger partial charge in [-0.3, -0.25) is 78.9 Å². The molecule has 0 radical (unpaired) electrons. The van der Waals surface area contributed by atoms with Gasteiger partial charge in [-0.2, -0.15) is 30.6 Å². The largest absolute Gasteiger partial charge is 0.326 e. The van der Waals surface area contributed by atoms with Crippen molar-refractivity contribution < 1.29 is 23.2 Å². The molecule has 25 nitrogen and oxygen atoms in total. The van der Waals surface area contributed by atoms with Gasteiger partial charge in [0.25, 0.3) is 0 Å². The third kappa shape index (κ3) is 19.3. The van der Waals surface area contributed by atoms with E-state index in [2.05, 4.69) is 128 Å². The lowest BCUT2D eigenvalue weighted by Crippen LogP contribution is -2.27. The first kappa shape index (κ1) is 72.2. The number of rotatable bonds is 4. The summed E-state index contributed by atoms with van der Waals surface area (Å²) in [6.45, 7) is 12.5. The molecule has 16 aromatic rings. The molecule has 14 heterocycles. The van der Waals surface area contributed by atoms with E-state index in [4.69, 9.17) is 0 Å². The molecule has 0 saturated carbocycles. The number of nitrogens with one attached hydrogen (secondary N) is 5. The van der Waals surface area contributed by atoms with E-state index in [1.807, 2.05) is 95.9 Å². The summed E-state index contributed by atoms with van der Waals surface area (Å²) in [7, 11) is 3.78. The first-order chi connectivity index (χ1) is 48.1. The fourth-order valence-electron chi connectivity index (χ4n) is 9.20. The molecule has 0 aliphatic heterocycles. The number of halogens is 4. The molecule has 0 atom stereocenters. The molecule has 29 heteroatoms. The second-order valence-electron chi connectivity index (χ2n) is 22.7. The Morgan fingerprint density at radius 1 is 0.490 bits per heavy atom. The quantitative estimate of drug-likeness (QED) is 0.109. The molecule has 0 fully saturated rings. The molecule has 0 bridgehead atoms. The third-order valence-electron chi connectivity index (χ3n) is 14.3. The average Bonchev–Trinajstić information content (AvgIpc) is 1.65. The van der Waals surface area contributed by atoms with Crippen molar-refractivity contribution in [2.24, 2.45) is 19.5 Å². The molecule has 0 aliphatic rings. The molecular weight excluding hydrogens is 1410 g/mol. The van der Waals surface area contributed by atoms with Crippen molar-refractivity contribution in [3.63, 3.8) is 0 Å². The van der Waals surface area contributed by atoms with Crippen LogP contribution >= 0.6 is 31.9 Å². The van der Waals surface area contributed by atoms with Crippen molar-refractivity contribution >= 4 is 126 Å². The Hall–Kier alpha value is -12.1. The number of hydrogen-bond donors (Lipinski definition) is 5. The molecule has 0 spiro atoms. The number of amides is 2. The maximum atomic E-state index is 13.2. The van der Waals surface area contributed by atoms with Gasteiger partial charge in [-0.15, -0.1) is 0 Å². The predicted octanol–water partition coefficient (Wildman–Crippen LogP) is 14.8. The smallest absolute Gasteiger partial charge is 0.244 e. The van der Waals surface area contributed by atoms with Crippen LogP contribution in [0.5, 0.6) is 0 Å². The van der Waals surface area contributed by atoms with E-state index in [1.54, 1.807) is 147 Å². The highest BCUT2D eigenvalue weighted by Crippen LogP contribution is 2.29. The monoisotopic (exact) mass is 1470 g/mol. The lowest BCUT2D eigenvalue weighted by atomic mass is 9.95. The maximum Gasteiger partial charge on any atom is 0.244 e. The maximum absolute atomic E-state index is 13.2. The van der Waals surface area contributed by atoms with Gasteiger partial charge in [-0.05, 0) is 130 Å². The molecule has 506 valence electrons. The number of nitrogens with zero attached hydrogens (tertiary/aromatic N) is 17. The van der Waals surface area contributed by atoms with Crippen molar-refractivity contribution in [1.82, 2.24) is 99.8 Å². The number of carbonyl (C=O) groups is 3. The fraction of sp³-hybridized carbons (Fsp3) is 0.141. The molecule has 0 aliphatic carbocycles. The summed E-state index contributed by atoms with van der Waals surface area (Å²) in [6.07, 6.45) is 30.9. The van der Waals surface area contributed by atoms with Crippen LogP contribution in [0.2, 0.25) is 0 Å². The molecule has 100 heavy (non-hydrogen) atoms. The number of pyridine rings is 8. The van der Waals surface area contributed by atoms with E-state index in [0.29, 0.717) is 0 Å². The molecule has 0 saturated heterocycles. The second-order valence-corrected chi connectivity index (χ2v) is 24.3.